The molecule has 1 saturated heterocycles. The standard InChI is InChI=1S/C11H17N3O/c1-9-11(14-7-6-12-9)13-5-4-10-3-2-8-15-10/h6-7,10H,2-5,8H2,1H3,(H,13,14). The Labute approximate surface area is 90.1 Å². The second-order valence-corrected chi connectivity index (χ2v) is 3.84. The lowest BCUT2D eigenvalue weighted by Gasteiger charge is -2.11. The summed E-state index contributed by atoms with van der Waals surface area (Å²) < 4.78 is 5.55. The molecule has 2 heterocycles. The van der Waals surface area contributed by atoms with Gasteiger partial charge >= 0.3 is 0 Å². The highest BCUT2D eigenvalue weighted by molar-refractivity contribution is 5.37. The minimum absolute atomic E-state index is 0.439. The van der Waals surface area contributed by atoms with Gasteiger partial charge in [0.25, 0.3) is 0 Å². The smallest absolute Gasteiger partial charge is 0.147 e. The van der Waals surface area contributed by atoms with Gasteiger partial charge in [-0.2, -0.15) is 0 Å². The van der Waals surface area contributed by atoms with Crippen LogP contribution in [-0.2, 0) is 4.74 Å². The fourth-order valence-electron chi connectivity index (χ4n) is 1.80. The zero-order chi connectivity index (χ0) is 10.5. The molecule has 0 aromatic carbocycles. The predicted octanol–water partition coefficient (Wildman–Crippen LogP) is 1.77. The highest BCUT2D eigenvalue weighted by atomic mass is 16.5. The largest absolute Gasteiger partial charge is 0.378 e. The third kappa shape index (κ3) is 2.89. The third-order valence-electron chi connectivity index (χ3n) is 2.66. The molecule has 1 N–H and O–H groups in total. The van der Waals surface area contributed by atoms with Crippen molar-refractivity contribution in [2.24, 2.45) is 0 Å². The molecule has 4 nitrogen and oxygen atoms in total. The molecule has 15 heavy (non-hydrogen) atoms. The maximum Gasteiger partial charge on any atom is 0.147 e. The highest BCUT2D eigenvalue weighted by Gasteiger charge is 2.14. The number of nitrogens with one attached hydrogen (secondary N) is 1. The van der Waals surface area contributed by atoms with E-state index in [-0.39, 0.29) is 0 Å². The number of hydrogen-bond donors (Lipinski definition) is 1. The second-order valence-electron chi connectivity index (χ2n) is 3.84. The van der Waals surface area contributed by atoms with E-state index in [4.69, 9.17) is 4.74 Å². The lowest BCUT2D eigenvalue weighted by Crippen LogP contribution is -2.13. The minimum atomic E-state index is 0.439. The van der Waals surface area contributed by atoms with Gasteiger partial charge in [-0.3, -0.25) is 4.98 Å². The molecule has 0 bridgehead atoms. The van der Waals surface area contributed by atoms with E-state index in [1.165, 1.54) is 12.8 Å². The summed E-state index contributed by atoms with van der Waals surface area (Å²) in [5.41, 5.74) is 0.949. The van der Waals surface area contributed by atoms with Crippen LogP contribution in [0.2, 0.25) is 0 Å². The van der Waals surface area contributed by atoms with Crippen LogP contribution < -0.4 is 5.32 Å². The Morgan fingerprint density at radius 3 is 3.07 bits per heavy atom. The number of rotatable bonds is 4. The van der Waals surface area contributed by atoms with Crippen molar-refractivity contribution in [3.63, 3.8) is 0 Å². The Morgan fingerprint density at radius 2 is 2.33 bits per heavy atom. The van der Waals surface area contributed by atoms with Crippen LogP contribution in [0.3, 0.4) is 0 Å². The van der Waals surface area contributed by atoms with E-state index in [1.54, 1.807) is 12.4 Å². The number of hydrogen-bond acceptors (Lipinski definition) is 4. The van der Waals surface area contributed by atoms with E-state index in [1.807, 2.05) is 6.92 Å². The van der Waals surface area contributed by atoms with Crippen molar-refractivity contribution >= 4 is 5.82 Å². The Morgan fingerprint density at radius 1 is 1.47 bits per heavy atom. The van der Waals surface area contributed by atoms with Crippen molar-refractivity contribution < 1.29 is 4.74 Å². The SMILES string of the molecule is Cc1nccnc1NCCC1CCCO1. The number of aromatic nitrogens is 2. The molecule has 0 aliphatic carbocycles. The van der Waals surface area contributed by atoms with E-state index in [9.17, 15) is 0 Å². The fraction of sp³-hybridized carbons (Fsp3) is 0.636. The molecule has 1 atom stereocenters. The first kappa shape index (κ1) is 10.4. The number of aryl methyl sites for hydroxylation is 1. The summed E-state index contributed by atoms with van der Waals surface area (Å²) in [5, 5.41) is 3.29. The lowest BCUT2D eigenvalue weighted by molar-refractivity contribution is 0.107. The van der Waals surface area contributed by atoms with Gasteiger partial charge in [-0.1, -0.05) is 0 Å². The van der Waals surface area contributed by atoms with Crippen LogP contribution in [0.5, 0.6) is 0 Å². The first-order chi connectivity index (χ1) is 7.36. The van der Waals surface area contributed by atoms with Gasteiger partial charge in [0.2, 0.25) is 0 Å². The van der Waals surface area contributed by atoms with Crippen molar-refractivity contribution in [2.75, 3.05) is 18.5 Å². The summed E-state index contributed by atoms with van der Waals surface area (Å²) in [5.74, 6) is 0.885. The van der Waals surface area contributed by atoms with Crippen LogP contribution in [0, 0.1) is 6.92 Å². The van der Waals surface area contributed by atoms with Gasteiger partial charge in [0.05, 0.1) is 11.8 Å². The van der Waals surface area contributed by atoms with Crippen LogP contribution in [0.25, 0.3) is 0 Å². The van der Waals surface area contributed by atoms with Crippen LogP contribution in [0.4, 0.5) is 5.82 Å². The zero-order valence-electron chi connectivity index (χ0n) is 9.07. The summed E-state index contributed by atoms with van der Waals surface area (Å²) in [6.07, 6.45) is 7.31. The van der Waals surface area contributed by atoms with Crippen molar-refractivity contribution in [1.82, 2.24) is 9.97 Å². The topological polar surface area (TPSA) is 47.0 Å². The second kappa shape index (κ2) is 5.07. The first-order valence-electron chi connectivity index (χ1n) is 5.49. The van der Waals surface area contributed by atoms with Gasteiger partial charge in [-0.25, -0.2) is 4.98 Å². The van der Waals surface area contributed by atoms with Crippen molar-refractivity contribution in [3.8, 4) is 0 Å². The van der Waals surface area contributed by atoms with Crippen LogP contribution in [0.15, 0.2) is 12.4 Å². The Bertz CT molecular complexity index is 310. The Balaban J connectivity index is 1.75. The Hall–Kier alpha value is -1.16. The minimum Gasteiger partial charge on any atom is -0.378 e. The molecule has 0 saturated carbocycles. The predicted molar refractivity (Wildman–Crippen MR) is 58.8 cm³/mol. The number of ether oxygens (including phenoxy) is 1. The van der Waals surface area contributed by atoms with Crippen molar-refractivity contribution in [2.45, 2.75) is 32.3 Å². The molecule has 1 unspecified atom stereocenters. The third-order valence-corrected chi connectivity index (χ3v) is 2.66. The number of anilines is 1. The molecule has 1 fully saturated rings. The number of nitrogens with zero attached hydrogens (tertiary/aromatic N) is 2. The van der Waals surface area contributed by atoms with Crippen LogP contribution in [0.1, 0.15) is 25.0 Å². The molecule has 0 spiro atoms. The van der Waals surface area contributed by atoms with E-state index in [2.05, 4.69) is 15.3 Å². The normalized spacial score (nSPS) is 20.5. The van der Waals surface area contributed by atoms with Gasteiger partial charge in [0.15, 0.2) is 0 Å². The van der Waals surface area contributed by atoms with Gasteiger partial charge < -0.3 is 10.1 Å². The van der Waals surface area contributed by atoms with E-state index in [0.717, 1.165) is 31.1 Å². The summed E-state index contributed by atoms with van der Waals surface area (Å²) in [6.45, 7) is 3.79. The Kier molecular flexibility index (Phi) is 3.50. The summed E-state index contributed by atoms with van der Waals surface area (Å²) in [6, 6.07) is 0. The highest BCUT2D eigenvalue weighted by Crippen LogP contribution is 2.15. The quantitative estimate of drug-likeness (QED) is 0.817. The molecule has 4 heteroatoms. The lowest BCUT2D eigenvalue weighted by atomic mass is 10.2. The van der Waals surface area contributed by atoms with Gasteiger partial charge in [-0.15, -0.1) is 0 Å². The maximum atomic E-state index is 5.55. The maximum absolute atomic E-state index is 5.55. The molecule has 82 valence electrons. The van der Waals surface area contributed by atoms with Crippen molar-refractivity contribution in [3.05, 3.63) is 18.1 Å². The average Bonchev–Trinajstić information content (AvgIpc) is 2.74. The molecule has 0 radical (unpaired) electrons. The van der Waals surface area contributed by atoms with Gasteiger partial charge in [-0.05, 0) is 26.2 Å². The molecule has 2 rings (SSSR count). The first-order valence-corrected chi connectivity index (χ1v) is 5.49. The molecular weight excluding hydrogens is 190 g/mol. The summed E-state index contributed by atoms with van der Waals surface area (Å²) in [4.78, 5) is 8.40. The van der Waals surface area contributed by atoms with Crippen molar-refractivity contribution in [1.29, 1.82) is 0 Å². The zero-order valence-corrected chi connectivity index (χ0v) is 9.07. The van der Waals surface area contributed by atoms with E-state index < -0.39 is 0 Å². The molecular formula is C11H17N3O. The van der Waals surface area contributed by atoms with Gasteiger partial charge in [0.1, 0.15) is 5.82 Å². The monoisotopic (exact) mass is 207 g/mol. The summed E-state index contributed by atoms with van der Waals surface area (Å²) in [7, 11) is 0. The average molecular weight is 207 g/mol. The van der Waals surface area contributed by atoms with E-state index in [0.29, 0.717) is 6.10 Å². The molecule has 0 amide bonds. The molecule has 1 aromatic heterocycles. The molecule has 1 aromatic rings. The molecule has 1 aliphatic heterocycles. The molecule has 1 aliphatic rings. The van der Waals surface area contributed by atoms with Crippen LogP contribution in [-0.4, -0.2) is 29.2 Å². The van der Waals surface area contributed by atoms with Gasteiger partial charge in [0, 0.05) is 25.5 Å². The van der Waals surface area contributed by atoms with Crippen LogP contribution >= 0.6 is 0 Å². The van der Waals surface area contributed by atoms with E-state index >= 15 is 0 Å². The fourth-order valence-corrected chi connectivity index (χ4v) is 1.80. The summed E-state index contributed by atoms with van der Waals surface area (Å²) >= 11 is 0.